The van der Waals surface area contributed by atoms with E-state index in [0.29, 0.717) is 38.3 Å². The second-order valence-electron chi connectivity index (χ2n) is 8.06. The van der Waals surface area contributed by atoms with E-state index in [9.17, 15) is 9.59 Å². The maximum absolute atomic E-state index is 13.4. The molecule has 0 saturated carbocycles. The third-order valence-corrected chi connectivity index (χ3v) is 6.86. The number of carbonyl (C=O) groups excluding carboxylic acids is 1. The third-order valence-electron chi connectivity index (χ3n) is 5.89. The fourth-order valence-corrected chi connectivity index (χ4v) is 4.85. The standard InChI is InChI=1S/C26H18Cl3N3O2/c1-14(33)32-23(16-7-9-19(28)20(29)11-16)13-22(31-32)25-24(15-5-3-2-4-6-15)18-12-17(27)8-10-21(18)30-26(25)34/h2-12,23H,13H2,1H3,(H,30,34). The molecular formula is C26H18Cl3N3O2. The zero-order chi connectivity index (χ0) is 24.0. The Balaban J connectivity index is 1.73. The van der Waals surface area contributed by atoms with Crippen molar-refractivity contribution in [2.24, 2.45) is 5.10 Å². The average Bonchev–Trinajstić information content (AvgIpc) is 3.26. The minimum atomic E-state index is -0.416. The number of halogens is 3. The molecule has 1 N–H and O–H groups in total. The lowest BCUT2D eigenvalue weighted by Crippen LogP contribution is -2.24. The van der Waals surface area contributed by atoms with Crippen molar-refractivity contribution in [3.63, 3.8) is 0 Å². The van der Waals surface area contributed by atoms with Gasteiger partial charge in [0.1, 0.15) is 0 Å². The van der Waals surface area contributed by atoms with E-state index in [1.165, 1.54) is 11.9 Å². The van der Waals surface area contributed by atoms with E-state index in [4.69, 9.17) is 34.8 Å². The van der Waals surface area contributed by atoms with Crippen LogP contribution in [-0.2, 0) is 4.79 Å². The van der Waals surface area contributed by atoms with Crippen molar-refractivity contribution in [3.8, 4) is 11.1 Å². The minimum absolute atomic E-state index is 0.243. The van der Waals surface area contributed by atoms with Crippen LogP contribution in [0.4, 0.5) is 0 Å². The SMILES string of the molecule is CC(=O)N1N=C(c2c(-c3ccccc3)c3cc(Cl)ccc3[nH]c2=O)CC1c1ccc(Cl)c(Cl)c1. The molecule has 1 amide bonds. The highest BCUT2D eigenvalue weighted by Crippen LogP contribution is 2.38. The number of nitrogens with zero attached hydrogens (tertiary/aromatic N) is 2. The van der Waals surface area contributed by atoms with Crippen molar-refractivity contribution >= 4 is 57.3 Å². The quantitative estimate of drug-likeness (QED) is 0.327. The number of aromatic amines is 1. The van der Waals surface area contributed by atoms with E-state index in [2.05, 4.69) is 10.1 Å². The maximum atomic E-state index is 13.4. The number of fused-ring (bicyclic) bond motifs is 1. The molecule has 2 heterocycles. The molecule has 1 aliphatic rings. The van der Waals surface area contributed by atoms with Crippen LogP contribution in [0.2, 0.25) is 15.1 Å². The normalized spacial score (nSPS) is 15.6. The average molecular weight is 511 g/mol. The summed E-state index contributed by atoms with van der Waals surface area (Å²) in [6.45, 7) is 1.44. The Hall–Kier alpha value is -3.12. The number of hydrogen-bond acceptors (Lipinski definition) is 3. The van der Waals surface area contributed by atoms with Crippen molar-refractivity contribution in [2.45, 2.75) is 19.4 Å². The summed E-state index contributed by atoms with van der Waals surface area (Å²) >= 11 is 18.7. The first kappa shape index (κ1) is 22.7. The summed E-state index contributed by atoms with van der Waals surface area (Å²) < 4.78 is 0. The van der Waals surface area contributed by atoms with Crippen LogP contribution in [0, 0.1) is 0 Å². The van der Waals surface area contributed by atoms with E-state index in [1.54, 1.807) is 24.3 Å². The molecule has 0 radical (unpaired) electrons. The summed E-state index contributed by atoms with van der Waals surface area (Å²) in [6, 6.07) is 19.8. The predicted molar refractivity (Wildman–Crippen MR) is 138 cm³/mol. The van der Waals surface area contributed by atoms with Crippen molar-refractivity contribution in [1.82, 2.24) is 9.99 Å². The summed E-state index contributed by atoms with van der Waals surface area (Å²) in [5.41, 5.74) is 3.66. The molecule has 0 fully saturated rings. The lowest BCUT2D eigenvalue weighted by atomic mass is 9.91. The van der Waals surface area contributed by atoms with Crippen LogP contribution in [0.1, 0.15) is 30.5 Å². The number of rotatable bonds is 3. The van der Waals surface area contributed by atoms with E-state index >= 15 is 0 Å². The van der Waals surface area contributed by atoms with Gasteiger partial charge in [0.2, 0.25) is 5.91 Å². The van der Waals surface area contributed by atoms with Gasteiger partial charge in [-0.15, -0.1) is 0 Å². The number of carbonyl (C=O) groups is 1. The number of amides is 1. The fraction of sp³-hybridized carbons (Fsp3) is 0.115. The number of nitrogens with one attached hydrogen (secondary N) is 1. The summed E-state index contributed by atoms with van der Waals surface area (Å²) in [6.07, 6.45) is 0.340. The Morgan fingerprint density at radius 2 is 1.74 bits per heavy atom. The smallest absolute Gasteiger partial charge is 0.258 e. The monoisotopic (exact) mass is 509 g/mol. The predicted octanol–water partition coefficient (Wildman–Crippen LogP) is 6.85. The van der Waals surface area contributed by atoms with Crippen LogP contribution in [-0.4, -0.2) is 21.6 Å². The van der Waals surface area contributed by atoms with Crippen LogP contribution in [0.25, 0.3) is 22.0 Å². The number of hydrazone groups is 1. The second-order valence-corrected chi connectivity index (χ2v) is 9.31. The van der Waals surface area contributed by atoms with Crippen LogP contribution < -0.4 is 5.56 Å². The van der Waals surface area contributed by atoms with Gasteiger partial charge in [0.15, 0.2) is 0 Å². The lowest BCUT2D eigenvalue weighted by Gasteiger charge is -2.20. The first-order valence-corrected chi connectivity index (χ1v) is 11.7. The van der Waals surface area contributed by atoms with Gasteiger partial charge in [-0.3, -0.25) is 9.59 Å². The molecule has 8 heteroatoms. The van der Waals surface area contributed by atoms with Gasteiger partial charge in [-0.05, 0) is 41.5 Å². The van der Waals surface area contributed by atoms with Gasteiger partial charge in [-0.1, -0.05) is 71.2 Å². The number of H-pyrrole nitrogens is 1. The first-order valence-electron chi connectivity index (χ1n) is 10.6. The molecule has 1 aromatic heterocycles. The van der Waals surface area contributed by atoms with E-state index in [1.807, 2.05) is 42.5 Å². The summed E-state index contributed by atoms with van der Waals surface area (Å²) in [7, 11) is 0. The van der Waals surface area contributed by atoms with Crippen LogP contribution in [0.3, 0.4) is 0 Å². The van der Waals surface area contributed by atoms with Gasteiger partial charge in [-0.2, -0.15) is 5.10 Å². The molecule has 0 aliphatic carbocycles. The number of hydrogen-bond donors (Lipinski definition) is 1. The zero-order valence-corrected chi connectivity index (χ0v) is 20.2. The van der Waals surface area contributed by atoms with E-state index in [-0.39, 0.29) is 11.5 Å². The minimum Gasteiger partial charge on any atom is -0.321 e. The molecule has 170 valence electrons. The Morgan fingerprint density at radius 3 is 2.44 bits per heavy atom. The Bertz CT molecular complexity index is 1530. The molecule has 5 rings (SSSR count). The number of benzene rings is 3. The highest BCUT2D eigenvalue weighted by atomic mass is 35.5. The summed E-state index contributed by atoms with van der Waals surface area (Å²) in [4.78, 5) is 28.9. The van der Waals surface area contributed by atoms with Crippen LogP contribution in [0.15, 0.2) is 76.6 Å². The van der Waals surface area contributed by atoms with Gasteiger partial charge < -0.3 is 4.98 Å². The van der Waals surface area contributed by atoms with Crippen molar-refractivity contribution < 1.29 is 4.79 Å². The Morgan fingerprint density at radius 1 is 0.971 bits per heavy atom. The first-order chi connectivity index (χ1) is 16.3. The van der Waals surface area contributed by atoms with Crippen LogP contribution >= 0.6 is 34.8 Å². The molecule has 34 heavy (non-hydrogen) atoms. The maximum Gasteiger partial charge on any atom is 0.258 e. The molecule has 0 bridgehead atoms. The highest BCUT2D eigenvalue weighted by molar-refractivity contribution is 6.42. The van der Waals surface area contributed by atoms with E-state index in [0.717, 1.165) is 22.1 Å². The van der Waals surface area contributed by atoms with Crippen molar-refractivity contribution in [2.75, 3.05) is 0 Å². The van der Waals surface area contributed by atoms with Gasteiger partial charge in [0, 0.05) is 34.8 Å². The zero-order valence-electron chi connectivity index (χ0n) is 18.0. The summed E-state index contributed by atoms with van der Waals surface area (Å²) in [5.74, 6) is -0.243. The molecule has 1 aliphatic heterocycles. The molecule has 5 nitrogen and oxygen atoms in total. The molecule has 4 aromatic rings. The molecule has 0 saturated heterocycles. The molecule has 3 aromatic carbocycles. The van der Waals surface area contributed by atoms with E-state index < -0.39 is 6.04 Å². The number of aromatic nitrogens is 1. The van der Waals surface area contributed by atoms with Crippen LogP contribution in [0.5, 0.6) is 0 Å². The Kier molecular flexibility index (Phi) is 5.94. The van der Waals surface area contributed by atoms with Gasteiger partial charge in [0.25, 0.3) is 5.56 Å². The molecular weight excluding hydrogens is 493 g/mol. The molecule has 1 atom stereocenters. The molecule has 0 spiro atoms. The van der Waals surface area contributed by atoms with Gasteiger partial charge in [-0.25, -0.2) is 5.01 Å². The Labute approximate surface area is 210 Å². The van der Waals surface area contributed by atoms with Gasteiger partial charge >= 0.3 is 0 Å². The lowest BCUT2D eigenvalue weighted by molar-refractivity contribution is -0.130. The highest BCUT2D eigenvalue weighted by Gasteiger charge is 2.34. The molecule has 1 unspecified atom stereocenters. The topological polar surface area (TPSA) is 65.5 Å². The largest absolute Gasteiger partial charge is 0.321 e. The number of pyridine rings is 1. The summed E-state index contributed by atoms with van der Waals surface area (Å²) in [5, 5.41) is 8.17. The second kappa shape index (κ2) is 8.91. The third kappa shape index (κ3) is 4.00. The fourth-order valence-electron chi connectivity index (χ4n) is 4.38. The van der Waals surface area contributed by atoms with Crippen molar-refractivity contribution in [3.05, 3.63) is 103 Å². The van der Waals surface area contributed by atoms with Crippen molar-refractivity contribution in [1.29, 1.82) is 0 Å². The van der Waals surface area contributed by atoms with Gasteiger partial charge in [0.05, 0.1) is 27.4 Å².